The smallest absolute Gasteiger partial charge is 0.274 e. The first-order valence-electron chi connectivity index (χ1n) is 4.77. The molecule has 0 fully saturated rings. The van der Waals surface area contributed by atoms with Gasteiger partial charge in [-0.05, 0) is 26.1 Å². The normalized spacial score (nSPS) is 13.9. The van der Waals surface area contributed by atoms with Crippen molar-refractivity contribution in [2.45, 2.75) is 25.3 Å². The molecule has 1 atom stereocenters. The SMILES string of the molecule is CNC(C)CC(F)(F)c1cccc(Br)c1. The highest BCUT2D eigenvalue weighted by Crippen LogP contribution is 2.33. The first kappa shape index (κ1) is 12.6. The van der Waals surface area contributed by atoms with Crippen molar-refractivity contribution in [3.8, 4) is 0 Å². The van der Waals surface area contributed by atoms with Crippen LogP contribution in [-0.2, 0) is 5.92 Å². The van der Waals surface area contributed by atoms with Gasteiger partial charge >= 0.3 is 0 Å². The molecule has 1 nitrogen and oxygen atoms in total. The van der Waals surface area contributed by atoms with Crippen LogP contribution in [-0.4, -0.2) is 13.1 Å². The predicted octanol–water partition coefficient (Wildman–Crippen LogP) is 3.54. The van der Waals surface area contributed by atoms with Gasteiger partial charge in [0.2, 0.25) is 0 Å². The Hall–Kier alpha value is -0.480. The second kappa shape index (κ2) is 5.03. The van der Waals surface area contributed by atoms with Crippen molar-refractivity contribution in [1.29, 1.82) is 0 Å². The highest BCUT2D eigenvalue weighted by atomic mass is 79.9. The van der Waals surface area contributed by atoms with E-state index in [9.17, 15) is 8.78 Å². The lowest BCUT2D eigenvalue weighted by atomic mass is 10.0. The summed E-state index contributed by atoms with van der Waals surface area (Å²) in [4.78, 5) is 0. The number of alkyl halides is 2. The molecule has 1 rings (SSSR count). The number of nitrogens with one attached hydrogen (secondary N) is 1. The van der Waals surface area contributed by atoms with Crippen molar-refractivity contribution in [2.24, 2.45) is 0 Å². The summed E-state index contributed by atoms with van der Waals surface area (Å²) in [5, 5.41) is 2.81. The summed E-state index contributed by atoms with van der Waals surface area (Å²) < 4.78 is 28.1. The zero-order valence-corrected chi connectivity index (χ0v) is 10.3. The van der Waals surface area contributed by atoms with Gasteiger partial charge in [0, 0.05) is 22.5 Å². The molecular formula is C11H14BrF2N. The van der Waals surface area contributed by atoms with Crippen LogP contribution in [0.15, 0.2) is 28.7 Å². The molecule has 0 saturated carbocycles. The molecule has 0 aliphatic carbocycles. The maximum atomic E-state index is 13.7. The zero-order valence-electron chi connectivity index (χ0n) is 8.73. The van der Waals surface area contributed by atoms with E-state index in [-0.39, 0.29) is 18.0 Å². The molecule has 0 amide bonds. The van der Waals surface area contributed by atoms with Crippen LogP contribution in [0.4, 0.5) is 8.78 Å². The topological polar surface area (TPSA) is 12.0 Å². The van der Waals surface area contributed by atoms with E-state index in [0.29, 0.717) is 4.47 Å². The quantitative estimate of drug-likeness (QED) is 0.888. The second-order valence-corrected chi connectivity index (χ2v) is 4.52. The number of hydrogen-bond donors (Lipinski definition) is 1. The summed E-state index contributed by atoms with van der Waals surface area (Å²) in [7, 11) is 1.68. The molecule has 0 aliphatic heterocycles. The molecule has 1 aromatic carbocycles. The van der Waals surface area contributed by atoms with Crippen molar-refractivity contribution in [1.82, 2.24) is 5.32 Å². The molecule has 84 valence electrons. The van der Waals surface area contributed by atoms with Gasteiger partial charge in [-0.2, -0.15) is 0 Å². The molecule has 0 aliphatic rings. The Balaban J connectivity index is 2.85. The van der Waals surface area contributed by atoms with E-state index < -0.39 is 5.92 Å². The summed E-state index contributed by atoms with van der Waals surface area (Å²) in [6, 6.07) is 6.06. The first-order valence-corrected chi connectivity index (χ1v) is 5.56. The number of halogens is 3. The fraction of sp³-hybridized carbons (Fsp3) is 0.455. The monoisotopic (exact) mass is 277 g/mol. The first-order chi connectivity index (χ1) is 6.95. The van der Waals surface area contributed by atoms with Gasteiger partial charge in [0.05, 0.1) is 0 Å². The molecule has 1 unspecified atom stereocenters. The molecule has 4 heteroatoms. The molecule has 1 aromatic rings. The molecule has 1 N–H and O–H groups in total. The molecule has 0 radical (unpaired) electrons. The Morgan fingerprint density at radius 3 is 2.67 bits per heavy atom. The number of hydrogen-bond acceptors (Lipinski definition) is 1. The van der Waals surface area contributed by atoms with Crippen molar-refractivity contribution in [2.75, 3.05) is 7.05 Å². The third-order valence-electron chi connectivity index (χ3n) is 2.30. The Morgan fingerprint density at radius 1 is 1.47 bits per heavy atom. The summed E-state index contributed by atoms with van der Waals surface area (Å²) >= 11 is 3.19. The molecule has 0 heterocycles. The van der Waals surface area contributed by atoms with Gasteiger partial charge in [-0.1, -0.05) is 28.1 Å². The average Bonchev–Trinajstić information content (AvgIpc) is 2.17. The lowest BCUT2D eigenvalue weighted by molar-refractivity contribution is -0.0207. The standard InChI is InChI=1S/C11H14BrF2N/c1-8(15-2)7-11(13,14)9-4-3-5-10(12)6-9/h3-6,8,15H,7H2,1-2H3. The lowest BCUT2D eigenvalue weighted by Gasteiger charge is -2.20. The van der Waals surface area contributed by atoms with Crippen LogP contribution in [0.1, 0.15) is 18.9 Å². The highest BCUT2D eigenvalue weighted by molar-refractivity contribution is 9.10. The van der Waals surface area contributed by atoms with Gasteiger partial charge in [-0.15, -0.1) is 0 Å². The minimum Gasteiger partial charge on any atom is -0.317 e. The van der Waals surface area contributed by atoms with E-state index in [1.54, 1.807) is 26.1 Å². The minimum atomic E-state index is -2.79. The largest absolute Gasteiger partial charge is 0.317 e. The van der Waals surface area contributed by atoms with Gasteiger partial charge in [0.1, 0.15) is 0 Å². The van der Waals surface area contributed by atoms with Crippen LogP contribution in [0, 0.1) is 0 Å². The van der Waals surface area contributed by atoms with E-state index in [1.807, 2.05) is 0 Å². The maximum Gasteiger partial charge on any atom is 0.274 e. The average molecular weight is 278 g/mol. The minimum absolute atomic E-state index is 0.0546. The van der Waals surface area contributed by atoms with E-state index in [4.69, 9.17) is 0 Å². The molecule has 15 heavy (non-hydrogen) atoms. The molecular weight excluding hydrogens is 264 g/mol. The van der Waals surface area contributed by atoms with Gasteiger partial charge in [-0.3, -0.25) is 0 Å². The van der Waals surface area contributed by atoms with Crippen molar-refractivity contribution < 1.29 is 8.78 Å². The summed E-state index contributed by atoms with van der Waals surface area (Å²) in [5.74, 6) is -2.79. The van der Waals surface area contributed by atoms with Gasteiger partial charge < -0.3 is 5.32 Å². The van der Waals surface area contributed by atoms with E-state index >= 15 is 0 Å². The Kier molecular flexibility index (Phi) is 4.22. The van der Waals surface area contributed by atoms with E-state index in [1.165, 1.54) is 12.1 Å². The van der Waals surface area contributed by atoms with Crippen LogP contribution < -0.4 is 5.32 Å². The Bertz CT molecular complexity index is 328. The van der Waals surface area contributed by atoms with Crippen LogP contribution >= 0.6 is 15.9 Å². The lowest BCUT2D eigenvalue weighted by Crippen LogP contribution is -2.29. The zero-order chi connectivity index (χ0) is 11.5. The fourth-order valence-corrected chi connectivity index (χ4v) is 1.72. The molecule has 0 spiro atoms. The van der Waals surface area contributed by atoms with Gasteiger partial charge in [0.25, 0.3) is 5.92 Å². The molecule has 0 bridgehead atoms. The van der Waals surface area contributed by atoms with E-state index in [2.05, 4.69) is 21.2 Å². The van der Waals surface area contributed by atoms with Crippen molar-refractivity contribution in [3.05, 3.63) is 34.3 Å². The van der Waals surface area contributed by atoms with Crippen LogP contribution in [0.5, 0.6) is 0 Å². The summed E-state index contributed by atoms with van der Waals surface area (Å²) in [5.41, 5.74) is 0.0546. The highest BCUT2D eigenvalue weighted by Gasteiger charge is 2.33. The Labute approximate surface area is 97.0 Å². The van der Waals surface area contributed by atoms with Crippen molar-refractivity contribution >= 4 is 15.9 Å². The van der Waals surface area contributed by atoms with Crippen LogP contribution in [0.3, 0.4) is 0 Å². The summed E-state index contributed by atoms with van der Waals surface area (Å²) in [6.07, 6.45) is -0.194. The third-order valence-corrected chi connectivity index (χ3v) is 2.80. The molecule has 0 aromatic heterocycles. The Morgan fingerprint density at radius 2 is 2.13 bits per heavy atom. The second-order valence-electron chi connectivity index (χ2n) is 3.61. The van der Waals surface area contributed by atoms with Crippen LogP contribution in [0.25, 0.3) is 0 Å². The predicted molar refractivity (Wildman–Crippen MR) is 61.2 cm³/mol. The van der Waals surface area contributed by atoms with E-state index in [0.717, 1.165) is 0 Å². The fourth-order valence-electron chi connectivity index (χ4n) is 1.32. The third kappa shape index (κ3) is 3.54. The van der Waals surface area contributed by atoms with Gasteiger partial charge in [-0.25, -0.2) is 8.78 Å². The number of benzene rings is 1. The molecule has 0 saturated heterocycles. The maximum absolute atomic E-state index is 13.7. The van der Waals surface area contributed by atoms with Crippen molar-refractivity contribution in [3.63, 3.8) is 0 Å². The van der Waals surface area contributed by atoms with Crippen LogP contribution in [0.2, 0.25) is 0 Å². The summed E-state index contributed by atoms with van der Waals surface area (Å²) in [6.45, 7) is 1.74. The number of rotatable bonds is 4. The van der Waals surface area contributed by atoms with Gasteiger partial charge in [0.15, 0.2) is 0 Å².